The molecule has 1 aromatic heterocycles. The minimum atomic E-state index is -0.241. The lowest BCUT2D eigenvalue weighted by molar-refractivity contribution is 0.198. The number of nitrogens with zero attached hydrogens (tertiary/aromatic N) is 3. The smallest absolute Gasteiger partial charge is 0.151 e. The van der Waals surface area contributed by atoms with E-state index in [4.69, 9.17) is 0 Å². The third-order valence-corrected chi connectivity index (χ3v) is 4.01. The summed E-state index contributed by atoms with van der Waals surface area (Å²) in [5.74, 6) is 1.38. The Balaban J connectivity index is 1.77. The first-order valence-corrected chi connectivity index (χ1v) is 7.50. The molecule has 1 aromatic carbocycles. The molecule has 0 radical (unpaired) electrons. The van der Waals surface area contributed by atoms with Gasteiger partial charge in [-0.05, 0) is 30.0 Å². The molecule has 0 aliphatic carbocycles. The summed E-state index contributed by atoms with van der Waals surface area (Å²) in [5.41, 5.74) is 3.29. The molecule has 0 saturated carbocycles. The van der Waals surface area contributed by atoms with E-state index in [1.165, 1.54) is 5.56 Å². The van der Waals surface area contributed by atoms with Crippen molar-refractivity contribution in [3.05, 3.63) is 42.0 Å². The third kappa shape index (κ3) is 3.05. The zero-order valence-electron chi connectivity index (χ0n) is 12.5. The van der Waals surface area contributed by atoms with Crippen LogP contribution in [0, 0.1) is 0 Å². The topological polar surface area (TPSA) is 49.2 Å². The fourth-order valence-electron chi connectivity index (χ4n) is 2.64. The Hall–Kier alpha value is -1.94. The summed E-state index contributed by atoms with van der Waals surface area (Å²) in [4.78, 5) is 2.07. The van der Waals surface area contributed by atoms with Gasteiger partial charge in [0.2, 0.25) is 0 Å². The van der Waals surface area contributed by atoms with Gasteiger partial charge in [0.15, 0.2) is 5.82 Å². The number of benzene rings is 1. The van der Waals surface area contributed by atoms with Gasteiger partial charge in [-0.1, -0.05) is 38.1 Å². The Morgan fingerprint density at radius 2 is 1.86 bits per heavy atom. The average molecular weight is 283 g/mol. The molecule has 0 bridgehead atoms. The second-order valence-corrected chi connectivity index (χ2v) is 5.94. The van der Waals surface area contributed by atoms with Crippen LogP contribution in [-0.2, 0) is 0 Å². The minimum Gasteiger partial charge on any atom is -0.391 e. The van der Waals surface area contributed by atoms with Crippen LogP contribution in [0.4, 0.5) is 5.82 Å². The van der Waals surface area contributed by atoms with Gasteiger partial charge in [-0.15, -0.1) is 10.2 Å². The summed E-state index contributed by atoms with van der Waals surface area (Å²) in [6.07, 6.45) is 0.565. The maximum absolute atomic E-state index is 9.57. The lowest BCUT2D eigenvalue weighted by Crippen LogP contribution is -2.22. The van der Waals surface area contributed by atoms with Gasteiger partial charge < -0.3 is 10.0 Å². The molecule has 110 valence electrons. The van der Waals surface area contributed by atoms with Crippen LogP contribution in [0.3, 0.4) is 0 Å². The minimum absolute atomic E-state index is 0.241. The van der Waals surface area contributed by atoms with E-state index in [1.807, 2.05) is 12.1 Å². The van der Waals surface area contributed by atoms with Crippen LogP contribution in [0.5, 0.6) is 0 Å². The first-order valence-electron chi connectivity index (χ1n) is 7.50. The van der Waals surface area contributed by atoms with E-state index in [0.29, 0.717) is 12.5 Å². The van der Waals surface area contributed by atoms with Gasteiger partial charge in [0.1, 0.15) is 0 Å². The van der Waals surface area contributed by atoms with E-state index in [-0.39, 0.29) is 6.10 Å². The molecule has 4 heteroatoms. The SMILES string of the molecule is CC(C)c1ccc(-c2ccc(N3CCC(O)C3)nn2)cc1. The number of rotatable bonds is 3. The van der Waals surface area contributed by atoms with Gasteiger partial charge in [-0.3, -0.25) is 0 Å². The zero-order chi connectivity index (χ0) is 14.8. The molecule has 1 unspecified atom stereocenters. The van der Waals surface area contributed by atoms with Gasteiger partial charge in [0.25, 0.3) is 0 Å². The number of aliphatic hydroxyl groups excluding tert-OH is 1. The highest BCUT2D eigenvalue weighted by molar-refractivity contribution is 5.60. The lowest BCUT2D eigenvalue weighted by atomic mass is 10.0. The summed E-state index contributed by atoms with van der Waals surface area (Å²) >= 11 is 0. The normalized spacial score (nSPS) is 18.5. The second-order valence-electron chi connectivity index (χ2n) is 5.94. The summed E-state index contributed by atoms with van der Waals surface area (Å²) in [7, 11) is 0. The average Bonchev–Trinajstić information content (AvgIpc) is 2.94. The van der Waals surface area contributed by atoms with Crippen molar-refractivity contribution in [3.8, 4) is 11.3 Å². The van der Waals surface area contributed by atoms with E-state index < -0.39 is 0 Å². The number of aliphatic hydroxyl groups is 1. The summed E-state index contributed by atoms with van der Waals surface area (Å²) < 4.78 is 0. The molecule has 0 spiro atoms. The van der Waals surface area contributed by atoms with Crippen LogP contribution in [0.15, 0.2) is 36.4 Å². The van der Waals surface area contributed by atoms with Gasteiger partial charge in [-0.25, -0.2) is 0 Å². The number of β-amino-alcohol motifs (C(OH)–C–C–N with tert-alkyl or cyclic N) is 1. The molecule has 1 aliphatic rings. The van der Waals surface area contributed by atoms with Crippen molar-refractivity contribution in [2.45, 2.75) is 32.3 Å². The standard InChI is InChI=1S/C17H21N3O/c1-12(2)13-3-5-14(6-4-13)16-7-8-17(19-18-16)20-10-9-15(21)11-20/h3-8,12,15,21H,9-11H2,1-2H3. The monoisotopic (exact) mass is 283 g/mol. The van der Waals surface area contributed by atoms with E-state index in [9.17, 15) is 5.11 Å². The zero-order valence-corrected chi connectivity index (χ0v) is 12.5. The Kier molecular flexibility index (Phi) is 3.88. The van der Waals surface area contributed by atoms with E-state index >= 15 is 0 Å². The van der Waals surface area contributed by atoms with Crippen molar-refractivity contribution >= 4 is 5.82 Å². The molecule has 3 rings (SSSR count). The fraction of sp³-hybridized carbons (Fsp3) is 0.412. The first-order chi connectivity index (χ1) is 10.1. The largest absolute Gasteiger partial charge is 0.391 e. The Labute approximate surface area is 125 Å². The number of hydrogen-bond donors (Lipinski definition) is 1. The van der Waals surface area contributed by atoms with Crippen LogP contribution in [0.2, 0.25) is 0 Å². The molecule has 4 nitrogen and oxygen atoms in total. The van der Waals surface area contributed by atoms with Crippen molar-refractivity contribution in [1.82, 2.24) is 10.2 Å². The summed E-state index contributed by atoms with van der Waals surface area (Å²) in [6.45, 7) is 5.87. The maximum atomic E-state index is 9.57. The van der Waals surface area contributed by atoms with E-state index in [0.717, 1.165) is 30.0 Å². The Morgan fingerprint density at radius 3 is 2.38 bits per heavy atom. The van der Waals surface area contributed by atoms with Crippen molar-refractivity contribution in [3.63, 3.8) is 0 Å². The molecule has 2 aromatic rings. The van der Waals surface area contributed by atoms with Crippen molar-refractivity contribution in [2.24, 2.45) is 0 Å². The third-order valence-electron chi connectivity index (χ3n) is 4.01. The Morgan fingerprint density at radius 1 is 1.10 bits per heavy atom. The molecule has 21 heavy (non-hydrogen) atoms. The lowest BCUT2D eigenvalue weighted by Gasteiger charge is -2.15. The van der Waals surface area contributed by atoms with Gasteiger partial charge >= 0.3 is 0 Å². The van der Waals surface area contributed by atoms with E-state index in [1.54, 1.807) is 0 Å². The Bertz CT molecular complexity index is 592. The molecule has 1 atom stereocenters. The molecule has 1 saturated heterocycles. The highest BCUT2D eigenvalue weighted by Gasteiger charge is 2.21. The van der Waals surface area contributed by atoms with Crippen molar-refractivity contribution in [1.29, 1.82) is 0 Å². The molecule has 1 N–H and O–H groups in total. The highest BCUT2D eigenvalue weighted by Crippen LogP contribution is 2.23. The van der Waals surface area contributed by atoms with Gasteiger partial charge in [0, 0.05) is 18.7 Å². The highest BCUT2D eigenvalue weighted by atomic mass is 16.3. The van der Waals surface area contributed by atoms with Crippen LogP contribution < -0.4 is 4.90 Å². The summed E-state index contributed by atoms with van der Waals surface area (Å²) in [6, 6.07) is 12.5. The van der Waals surface area contributed by atoms with Crippen LogP contribution in [-0.4, -0.2) is 34.5 Å². The van der Waals surface area contributed by atoms with Gasteiger partial charge in [-0.2, -0.15) is 0 Å². The molecule has 0 amide bonds. The van der Waals surface area contributed by atoms with Crippen LogP contribution in [0.1, 0.15) is 31.7 Å². The molecule has 1 aliphatic heterocycles. The molecular formula is C17H21N3O. The van der Waals surface area contributed by atoms with Gasteiger partial charge in [0.05, 0.1) is 11.8 Å². The van der Waals surface area contributed by atoms with E-state index in [2.05, 4.69) is 53.2 Å². The van der Waals surface area contributed by atoms with Crippen molar-refractivity contribution < 1.29 is 5.11 Å². The molecular weight excluding hydrogens is 262 g/mol. The number of hydrogen-bond acceptors (Lipinski definition) is 4. The molecule has 2 heterocycles. The molecule has 1 fully saturated rings. The maximum Gasteiger partial charge on any atom is 0.151 e. The van der Waals surface area contributed by atoms with Crippen LogP contribution >= 0.6 is 0 Å². The predicted octanol–water partition coefficient (Wildman–Crippen LogP) is 2.84. The summed E-state index contributed by atoms with van der Waals surface area (Å²) in [5, 5.41) is 18.2. The second kappa shape index (κ2) is 5.82. The first kappa shape index (κ1) is 14.0. The fourth-order valence-corrected chi connectivity index (χ4v) is 2.64. The quantitative estimate of drug-likeness (QED) is 0.941. The van der Waals surface area contributed by atoms with Crippen LogP contribution in [0.25, 0.3) is 11.3 Å². The predicted molar refractivity (Wildman–Crippen MR) is 84.4 cm³/mol. The number of anilines is 1. The van der Waals surface area contributed by atoms with Crippen molar-refractivity contribution in [2.75, 3.05) is 18.0 Å². The number of aromatic nitrogens is 2.